The molecule has 1 aromatic rings. The van der Waals surface area contributed by atoms with Crippen LogP contribution in [0.1, 0.15) is 30.7 Å². The summed E-state index contributed by atoms with van der Waals surface area (Å²) in [4.78, 5) is 14.4. The lowest BCUT2D eigenvalue weighted by atomic mass is 10.0. The number of piperidine rings is 1. The first kappa shape index (κ1) is 16.9. The molecule has 3 rings (SSSR count). The number of hydrogen-bond acceptors (Lipinski definition) is 2. The van der Waals surface area contributed by atoms with Gasteiger partial charge in [0.2, 0.25) is 5.91 Å². The van der Waals surface area contributed by atoms with Gasteiger partial charge in [-0.3, -0.25) is 4.79 Å². The van der Waals surface area contributed by atoms with E-state index in [0.29, 0.717) is 16.6 Å². The highest BCUT2D eigenvalue weighted by Crippen LogP contribution is 2.49. The molecule has 0 bridgehead atoms. The predicted octanol–water partition coefficient (Wildman–Crippen LogP) is 3.47. The van der Waals surface area contributed by atoms with Gasteiger partial charge in [0.05, 0.1) is 10.0 Å². The van der Waals surface area contributed by atoms with Crippen molar-refractivity contribution < 1.29 is 4.79 Å². The Balaban J connectivity index is 0.00000161. The maximum Gasteiger partial charge on any atom is 0.226 e. The molecule has 3 atom stereocenters. The smallest absolute Gasteiger partial charge is 0.226 e. The summed E-state index contributed by atoms with van der Waals surface area (Å²) in [6.07, 6.45) is 2.93. The van der Waals surface area contributed by atoms with Gasteiger partial charge in [-0.1, -0.05) is 29.3 Å². The number of rotatable bonds is 2. The third-order valence-corrected chi connectivity index (χ3v) is 4.99. The number of amides is 1. The van der Waals surface area contributed by atoms with Gasteiger partial charge in [-0.05, 0) is 42.9 Å². The van der Waals surface area contributed by atoms with Crippen LogP contribution in [0.15, 0.2) is 18.2 Å². The van der Waals surface area contributed by atoms with Crippen LogP contribution in [0.2, 0.25) is 10.0 Å². The van der Waals surface area contributed by atoms with Crippen LogP contribution in [0.4, 0.5) is 0 Å². The summed E-state index contributed by atoms with van der Waals surface area (Å²) in [5, 5.41) is 1.11. The normalized spacial score (nSPS) is 28.0. The van der Waals surface area contributed by atoms with Gasteiger partial charge in [0.1, 0.15) is 0 Å². The maximum absolute atomic E-state index is 12.5. The molecular weight excluding hydrogens is 331 g/mol. The molecular formula is C15H19Cl3N2O. The Morgan fingerprint density at radius 2 is 2.05 bits per heavy atom. The second-order valence-corrected chi connectivity index (χ2v) is 6.62. The molecule has 21 heavy (non-hydrogen) atoms. The van der Waals surface area contributed by atoms with Crippen LogP contribution in [0.3, 0.4) is 0 Å². The first-order chi connectivity index (χ1) is 9.56. The summed E-state index contributed by atoms with van der Waals surface area (Å²) in [5.41, 5.74) is 7.05. The van der Waals surface area contributed by atoms with Crippen LogP contribution < -0.4 is 5.73 Å². The average molecular weight is 350 g/mol. The van der Waals surface area contributed by atoms with Crippen molar-refractivity contribution in [3.05, 3.63) is 33.8 Å². The van der Waals surface area contributed by atoms with Gasteiger partial charge in [0, 0.05) is 25.0 Å². The number of nitrogens with two attached hydrogens (primary N) is 1. The van der Waals surface area contributed by atoms with Crippen molar-refractivity contribution in [1.82, 2.24) is 4.90 Å². The molecule has 2 fully saturated rings. The zero-order valence-electron chi connectivity index (χ0n) is 11.6. The van der Waals surface area contributed by atoms with Crippen molar-refractivity contribution in [1.29, 1.82) is 0 Å². The lowest BCUT2D eigenvalue weighted by Crippen LogP contribution is -2.46. The van der Waals surface area contributed by atoms with Crippen molar-refractivity contribution in [2.24, 2.45) is 11.7 Å². The number of carbonyl (C=O) groups is 1. The third-order valence-electron chi connectivity index (χ3n) is 4.25. The van der Waals surface area contributed by atoms with Crippen LogP contribution >= 0.6 is 35.6 Å². The minimum Gasteiger partial charge on any atom is -0.341 e. The third kappa shape index (κ3) is 3.65. The van der Waals surface area contributed by atoms with Gasteiger partial charge in [0.15, 0.2) is 0 Å². The fourth-order valence-electron chi connectivity index (χ4n) is 3.02. The molecule has 1 aliphatic carbocycles. The Labute approximate surface area is 141 Å². The summed E-state index contributed by atoms with van der Waals surface area (Å²) in [6.45, 7) is 1.54. The zero-order chi connectivity index (χ0) is 14.3. The SMILES string of the molecule is Cl.NC1CCCN(C(=O)C2CC2c2ccc(Cl)c(Cl)c2)C1. The standard InChI is InChI=1S/C15H18Cl2N2O.ClH/c16-13-4-3-9(6-14(13)17)11-7-12(11)15(20)19-5-1-2-10(18)8-19;/h3-4,6,10-12H,1-2,5,7-8,18H2;1H. The van der Waals surface area contributed by atoms with Gasteiger partial charge in [-0.2, -0.15) is 0 Å². The molecule has 3 nitrogen and oxygen atoms in total. The number of carbonyl (C=O) groups excluding carboxylic acids is 1. The Bertz CT molecular complexity index is 538. The maximum atomic E-state index is 12.5. The molecule has 1 saturated carbocycles. The number of likely N-dealkylation sites (tertiary alicyclic amines) is 1. The molecule has 6 heteroatoms. The van der Waals surface area contributed by atoms with Gasteiger partial charge in [0.25, 0.3) is 0 Å². The van der Waals surface area contributed by atoms with Crippen LogP contribution in [0, 0.1) is 5.92 Å². The molecule has 1 aromatic carbocycles. The van der Waals surface area contributed by atoms with E-state index in [9.17, 15) is 4.79 Å². The Morgan fingerprint density at radius 1 is 1.29 bits per heavy atom. The molecule has 1 saturated heterocycles. The van der Waals surface area contributed by atoms with Gasteiger partial charge in [-0.15, -0.1) is 12.4 Å². The largest absolute Gasteiger partial charge is 0.341 e. The highest BCUT2D eigenvalue weighted by atomic mass is 35.5. The van der Waals surface area contributed by atoms with Crippen LogP contribution in [-0.4, -0.2) is 29.9 Å². The molecule has 0 aromatic heterocycles. The number of halogens is 3. The molecule has 0 spiro atoms. The first-order valence-electron chi connectivity index (χ1n) is 7.05. The Morgan fingerprint density at radius 3 is 2.71 bits per heavy atom. The second-order valence-electron chi connectivity index (χ2n) is 5.81. The average Bonchev–Trinajstić information content (AvgIpc) is 3.21. The van der Waals surface area contributed by atoms with E-state index in [4.69, 9.17) is 28.9 Å². The van der Waals surface area contributed by atoms with Crippen LogP contribution in [0.25, 0.3) is 0 Å². The van der Waals surface area contributed by atoms with E-state index in [1.54, 1.807) is 6.07 Å². The van der Waals surface area contributed by atoms with Gasteiger partial charge < -0.3 is 10.6 Å². The Kier molecular flexibility index (Phi) is 5.42. The quantitative estimate of drug-likeness (QED) is 0.888. The van der Waals surface area contributed by atoms with Crippen LogP contribution in [0.5, 0.6) is 0 Å². The zero-order valence-corrected chi connectivity index (χ0v) is 13.9. The lowest BCUT2D eigenvalue weighted by Gasteiger charge is -2.31. The number of benzene rings is 1. The number of nitrogens with zero attached hydrogens (tertiary/aromatic N) is 1. The molecule has 1 amide bonds. The molecule has 1 heterocycles. The minimum absolute atomic E-state index is 0. The highest BCUT2D eigenvalue weighted by Gasteiger charge is 2.46. The Hall–Kier alpha value is -0.480. The lowest BCUT2D eigenvalue weighted by molar-refractivity contribution is -0.133. The fourth-order valence-corrected chi connectivity index (χ4v) is 3.33. The van der Waals surface area contributed by atoms with E-state index < -0.39 is 0 Å². The van der Waals surface area contributed by atoms with Gasteiger partial charge >= 0.3 is 0 Å². The van der Waals surface area contributed by atoms with Crippen molar-refractivity contribution in [3.8, 4) is 0 Å². The minimum atomic E-state index is 0. The van der Waals surface area contributed by atoms with E-state index in [2.05, 4.69) is 0 Å². The summed E-state index contributed by atoms with van der Waals surface area (Å²) in [7, 11) is 0. The summed E-state index contributed by atoms with van der Waals surface area (Å²) < 4.78 is 0. The first-order valence-corrected chi connectivity index (χ1v) is 7.81. The molecule has 2 N–H and O–H groups in total. The molecule has 0 radical (unpaired) electrons. The highest BCUT2D eigenvalue weighted by molar-refractivity contribution is 6.42. The monoisotopic (exact) mass is 348 g/mol. The topological polar surface area (TPSA) is 46.3 Å². The van der Waals surface area contributed by atoms with E-state index in [0.717, 1.165) is 31.4 Å². The second kappa shape index (κ2) is 6.74. The molecule has 1 aliphatic heterocycles. The van der Waals surface area contributed by atoms with E-state index in [1.165, 1.54) is 0 Å². The van der Waals surface area contributed by atoms with Crippen molar-refractivity contribution in [2.45, 2.75) is 31.2 Å². The molecule has 3 unspecified atom stereocenters. The van der Waals surface area contributed by atoms with Crippen molar-refractivity contribution >= 4 is 41.5 Å². The van der Waals surface area contributed by atoms with Crippen LogP contribution in [-0.2, 0) is 4.79 Å². The number of hydrogen-bond donors (Lipinski definition) is 1. The van der Waals surface area contributed by atoms with E-state index in [1.807, 2.05) is 17.0 Å². The van der Waals surface area contributed by atoms with E-state index in [-0.39, 0.29) is 36.2 Å². The summed E-state index contributed by atoms with van der Waals surface area (Å²) in [6, 6.07) is 5.78. The van der Waals surface area contributed by atoms with Crippen molar-refractivity contribution in [3.63, 3.8) is 0 Å². The predicted molar refractivity (Wildman–Crippen MR) is 88.3 cm³/mol. The summed E-state index contributed by atoms with van der Waals surface area (Å²) in [5.74, 6) is 0.629. The van der Waals surface area contributed by atoms with Crippen molar-refractivity contribution in [2.75, 3.05) is 13.1 Å². The molecule has 2 aliphatic rings. The molecule has 116 valence electrons. The van der Waals surface area contributed by atoms with E-state index >= 15 is 0 Å². The fraction of sp³-hybridized carbons (Fsp3) is 0.533. The van der Waals surface area contributed by atoms with Gasteiger partial charge in [-0.25, -0.2) is 0 Å². The summed E-state index contributed by atoms with van der Waals surface area (Å²) >= 11 is 12.0.